The van der Waals surface area contributed by atoms with Gasteiger partial charge in [-0.2, -0.15) is 0 Å². The van der Waals surface area contributed by atoms with E-state index in [0.29, 0.717) is 5.92 Å². The molecule has 0 saturated carbocycles. The van der Waals surface area contributed by atoms with Crippen LogP contribution in [0.1, 0.15) is 33.4 Å². The average Bonchev–Trinajstić information content (AvgIpc) is 2.65. The molecule has 0 aliphatic heterocycles. The minimum atomic E-state index is 0.234. The monoisotopic (exact) mass is 239 g/mol. The van der Waals surface area contributed by atoms with Gasteiger partial charge in [0.2, 0.25) is 0 Å². The van der Waals surface area contributed by atoms with Crippen molar-refractivity contribution in [2.75, 3.05) is 13.2 Å². The molecule has 0 radical (unpaired) electrons. The van der Waals surface area contributed by atoms with Crippen LogP contribution >= 0.6 is 0 Å². The Morgan fingerprint density at radius 2 is 2.18 bits per heavy atom. The third-order valence-corrected chi connectivity index (χ3v) is 2.56. The standard InChI is InChI=1S/C13H25N3O/c1-5-17-12(4)9-16-10-15-8-13(16)7-14-6-11(2)3/h8,10-12,14H,5-7,9H2,1-4H3. The van der Waals surface area contributed by atoms with Gasteiger partial charge in [0.05, 0.1) is 18.1 Å². The molecule has 1 aromatic rings. The van der Waals surface area contributed by atoms with Crippen LogP contribution in [0.15, 0.2) is 12.5 Å². The van der Waals surface area contributed by atoms with Crippen LogP contribution in [-0.4, -0.2) is 28.8 Å². The maximum atomic E-state index is 5.54. The van der Waals surface area contributed by atoms with E-state index in [1.807, 2.05) is 19.4 Å². The first-order chi connectivity index (χ1) is 8.13. The number of aromatic nitrogens is 2. The van der Waals surface area contributed by atoms with E-state index in [-0.39, 0.29) is 6.10 Å². The van der Waals surface area contributed by atoms with Gasteiger partial charge < -0.3 is 14.6 Å². The summed E-state index contributed by atoms with van der Waals surface area (Å²) in [4.78, 5) is 4.20. The van der Waals surface area contributed by atoms with E-state index in [1.165, 1.54) is 5.69 Å². The van der Waals surface area contributed by atoms with Crippen LogP contribution < -0.4 is 5.32 Å². The molecule has 0 spiro atoms. The molecule has 0 fully saturated rings. The Labute approximate surface area is 104 Å². The van der Waals surface area contributed by atoms with Crippen molar-refractivity contribution in [1.29, 1.82) is 0 Å². The Morgan fingerprint density at radius 1 is 1.41 bits per heavy atom. The molecule has 0 aliphatic rings. The Morgan fingerprint density at radius 3 is 2.82 bits per heavy atom. The summed E-state index contributed by atoms with van der Waals surface area (Å²) < 4.78 is 7.70. The summed E-state index contributed by atoms with van der Waals surface area (Å²) in [6, 6.07) is 0. The highest BCUT2D eigenvalue weighted by Crippen LogP contribution is 2.03. The third-order valence-electron chi connectivity index (χ3n) is 2.56. The fourth-order valence-electron chi connectivity index (χ4n) is 1.76. The first kappa shape index (κ1) is 14.2. The van der Waals surface area contributed by atoms with Gasteiger partial charge in [0.1, 0.15) is 0 Å². The zero-order valence-corrected chi connectivity index (χ0v) is 11.4. The summed E-state index contributed by atoms with van der Waals surface area (Å²) in [5.74, 6) is 0.675. The minimum Gasteiger partial charge on any atom is -0.377 e. The summed E-state index contributed by atoms with van der Waals surface area (Å²) >= 11 is 0. The topological polar surface area (TPSA) is 39.1 Å². The van der Waals surface area contributed by atoms with Crippen LogP contribution in [0, 0.1) is 5.92 Å². The molecule has 0 saturated heterocycles. The molecule has 4 heteroatoms. The fourth-order valence-corrected chi connectivity index (χ4v) is 1.76. The summed E-state index contributed by atoms with van der Waals surface area (Å²) in [6.45, 7) is 12.1. The van der Waals surface area contributed by atoms with Gasteiger partial charge in [-0.15, -0.1) is 0 Å². The van der Waals surface area contributed by atoms with E-state index >= 15 is 0 Å². The van der Waals surface area contributed by atoms with Crippen LogP contribution in [0.3, 0.4) is 0 Å². The molecule has 1 rings (SSSR count). The first-order valence-electron chi connectivity index (χ1n) is 6.44. The predicted octanol–water partition coefficient (Wildman–Crippen LogP) is 2.05. The summed E-state index contributed by atoms with van der Waals surface area (Å²) in [6.07, 6.45) is 4.03. The molecule has 1 N–H and O–H groups in total. The Kier molecular flexibility index (Phi) is 6.22. The van der Waals surface area contributed by atoms with E-state index in [1.54, 1.807) is 0 Å². The van der Waals surface area contributed by atoms with Crippen molar-refractivity contribution in [3.05, 3.63) is 18.2 Å². The molecule has 1 atom stereocenters. The highest BCUT2D eigenvalue weighted by Gasteiger charge is 2.06. The second kappa shape index (κ2) is 7.45. The number of hydrogen-bond donors (Lipinski definition) is 1. The molecule has 1 heterocycles. The van der Waals surface area contributed by atoms with Gasteiger partial charge in [-0.25, -0.2) is 4.98 Å². The molecule has 0 bridgehead atoms. The van der Waals surface area contributed by atoms with Crippen molar-refractivity contribution >= 4 is 0 Å². The zero-order valence-electron chi connectivity index (χ0n) is 11.4. The number of rotatable bonds is 8. The van der Waals surface area contributed by atoms with Crippen molar-refractivity contribution in [1.82, 2.24) is 14.9 Å². The number of nitrogens with zero attached hydrogens (tertiary/aromatic N) is 2. The van der Waals surface area contributed by atoms with Crippen molar-refractivity contribution < 1.29 is 4.74 Å². The van der Waals surface area contributed by atoms with Crippen LogP contribution in [-0.2, 0) is 17.8 Å². The molecule has 98 valence electrons. The maximum Gasteiger partial charge on any atom is 0.0949 e. The Bertz CT molecular complexity index is 309. The predicted molar refractivity (Wildman–Crippen MR) is 69.9 cm³/mol. The third kappa shape index (κ3) is 5.33. The molecular formula is C13H25N3O. The molecule has 1 aromatic heterocycles. The lowest BCUT2D eigenvalue weighted by Gasteiger charge is -2.15. The maximum absolute atomic E-state index is 5.54. The lowest BCUT2D eigenvalue weighted by molar-refractivity contribution is 0.0634. The average molecular weight is 239 g/mol. The quantitative estimate of drug-likeness (QED) is 0.754. The minimum absolute atomic E-state index is 0.234. The first-order valence-corrected chi connectivity index (χ1v) is 6.44. The lowest BCUT2D eigenvalue weighted by atomic mass is 10.2. The van der Waals surface area contributed by atoms with Crippen molar-refractivity contribution in [2.24, 2.45) is 5.92 Å². The number of nitrogens with one attached hydrogen (secondary N) is 1. The van der Waals surface area contributed by atoms with Gasteiger partial charge in [-0.1, -0.05) is 13.8 Å². The van der Waals surface area contributed by atoms with Gasteiger partial charge in [0, 0.05) is 25.9 Å². The summed E-state index contributed by atoms with van der Waals surface area (Å²) in [5.41, 5.74) is 1.22. The molecule has 0 aromatic carbocycles. The number of imidazole rings is 1. The Balaban J connectivity index is 2.42. The number of ether oxygens (including phenoxy) is 1. The zero-order chi connectivity index (χ0) is 12.7. The van der Waals surface area contributed by atoms with Crippen LogP contribution in [0.2, 0.25) is 0 Å². The molecule has 0 aliphatic carbocycles. The van der Waals surface area contributed by atoms with Gasteiger partial charge >= 0.3 is 0 Å². The molecule has 4 nitrogen and oxygen atoms in total. The van der Waals surface area contributed by atoms with E-state index in [9.17, 15) is 0 Å². The second-order valence-electron chi connectivity index (χ2n) is 4.83. The van der Waals surface area contributed by atoms with E-state index in [2.05, 4.69) is 35.6 Å². The Hall–Kier alpha value is -0.870. The van der Waals surface area contributed by atoms with Crippen LogP contribution in [0.25, 0.3) is 0 Å². The fraction of sp³-hybridized carbons (Fsp3) is 0.769. The van der Waals surface area contributed by atoms with Gasteiger partial charge in [-0.3, -0.25) is 0 Å². The normalized spacial score (nSPS) is 13.2. The van der Waals surface area contributed by atoms with Crippen LogP contribution in [0.5, 0.6) is 0 Å². The highest BCUT2D eigenvalue weighted by molar-refractivity contribution is 4.98. The number of hydrogen-bond acceptors (Lipinski definition) is 3. The molecular weight excluding hydrogens is 214 g/mol. The van der Waals surface area contributed by atoms with E-state index in [0.717, 1.165) is 26.2 Å². The van der Waals surface area contributed by atoms with Gasteiger partial charge in [0.15, 0.2) is 0 Å². The SMILES string of the molecule is CCOC(C)Cn1cncc1CNCC(C)C. The molecule has 0 amide bonds. The van der Waals surface area contributed by atoms with E-state index < -0.39 is 0 Å². The highest BCUT2D eigenvalue weighted by atomic mass is 16.5. The summed E-state index contributed by atoms with van der Waals surface area (Å²) in [7, 11) is 0. The molecule has 1 unspecified atom stereocenters. The largest absolute Gasteiger partial charge is 0.377 e. The van der Waals surface area contributed by atoms with Gasteiger partial charge in [0.25, 0.3) is 0 Å². The lowest BCUT2D eigenvalue weighted by Crippen LogP contribution is -2.23. The summed E-state index contributed by atoms with van der Waals surface area (Å²) in [5, 5.41) is 3.43. The van der Waals surface area contributed by atoms with Crippen LogP contribution in [0.4, 0.5) is 0 Å². The van der Waals surface area contributed by atoms with Crippen molar-refractivity contribution in [3.63, 3.8) is 0 Å². The van der Waals surface area contributed by atoms with Gasteiger partial charge in [-0.05, 0) is 26.3 Å². The van der Waals surface area contributed by atoms with Crippen molar-refractivity contribution in [2.45, 2.75) is 46.9 Å². The van der Waals surface area contributed by atoms with E-state index in [4.69, 9.17) is 4.74 Å². The molecule has 17 heavy (non-hydrogen) atoms. The smallest absolute Gasteiger partial charge is 0.0949 e. The van der Waals surface area contributed by atoms with Crippen molar-refractivity contribution in [3.8, 4) is 0 Å². The second-order valence-corrected chi connectivity index (χ2v) is 4.83.